The van der Waals surface area contributed by atoms with Gasteiger partial charge in [0.25, 0.3) is 0 Å². The molecule has 49 heavy (non-hydrogen) atoms. The number of aromatic nitrogens is 3. The summed E-state index contributed by atoms with van der Waals surface area (Å²) in [6, 6.07) is 14.5. The van der Waals surface area contributed by atoms with Crippen LogP contribution in [-0.4, -0.2) is 59.0 Å². The van der Waals surface area contributed by atoms with Crippen LogP contribution >= 0.6 is 11.6 Å². The van der Waals surface area contributed by atoms with Crippen LogP contribution in [0.1, 0.15) is 0 Å². The third-order valence-electron chi connectivity index (χ3n) is 5.96. The summed E-state index contributed by atoms with van der Waals surface area (Å²) in [6.07, 6.45) is 0. The minimum absolute atomic E-state index is 0. The van der Waals surface area contributed by atoms with Crippen LogP contribution in [0.4, 0.5) is 34.6 Å². The Morgan fingerprint density at radius 1 is 0.653 bits per heavy atom. The number of rotatable bonds is 9. The summed E-state index contributed by atoms with van der Waals surface area (Å²) >= 11 is 6.01. The maximum atomic E-state index is 12.1. The van der Waals surface area contributed by atoms with Gasteiger partial charge < -0.3 is 29.4 Å². The van der Waals surface area contributed by atoms with Crippen molar-refractivity contribution in [3.8, 4) is 5.75 Å². The average molecular weight is 774 g/mol. The zero-order chi connectivity index (χ0) is 33.4. The van der Waals surface area contributed by atoms with Gasteiger partial charge in [-0.1, -0.05) is 18.2 Å². The molecule has 24 heteroatoms. The summed E-state index contributed by atoms with van der Waals surface area (Å²) in [5.74, 6) is -1.09. The molecule has 0 fully saturated rings. The Labute approximate surface area is 350 Å². The van der Waals surface area contributed by atoms with E-state index in [9.17, 15) is 44.0 Å². The van der Waals surface area contributed by atoms with Crippen molar-refractivity contribution in [2.24, 2.45) is 10.2 Å². The Morgan fingerprint density at radius 3 is 1.84 bits per heavy atom. The number of nitrogens with zero attached hydrogens (tertiary/aromatic N) is 5. The second kappa shape index (κ2) is 17.1. The van der Waals surface area contributed by atoms with Crippen LogP contribution in [0.3, 0.4) is 0 Å². The molecule has 238 valence electrons. The quantitative estimate of drug-likeness (QED) is 0.0719. The molecule has 4 aromatic carbocycles. The van der Waals surface area contributed by atoms with Crippen molar-refractivity contribution in [2.75, 3.05) is 10.6 Å². The van der Waals surface area contributed by atoms with Gasteiger partial charge in [0, 0.05) is 16.8 Å². The van der Waals surface area contributed by atoms with Gasteiger partial charge in [0.2, 0.25) is 17.2 Å². The van der Waals surface area contributed by atoms with Crippen molar-refractivity contribution in [3.05, 3.63) is 78.1 Å². The second-order valence-electron chi connectivity index (χ2n) is 9.07. The van der Waals surface area contributed by atoms with Gasteiger partial charge in [0.15, 0.2) is 5.75 Å². The molecule has 0 unspecified atom stereocenters. The van der Waals surface area contributed by atoms with Gasteiger partial charge in [0.05, 0.1) is 14.7 Å². The minimum atomic E-state index is -5.30. The molecule has 0 bridgehead atoms. The number of benzene rings is 4. The van der Waals surface area contributed by atoms with Crippen molar-refractivity contribution in [1.82, 2.24) is 15.0 Å². The van der Waals surface area contributed by atoms with Crippen LogP contribution in [0.5, 0.6) is 5.75 Å². The predicted octanol–water partition coefficient (Wildman–Crippen LogP) is -4.99. The first-order valence-corrected chi connectivity index (χ1v) is 16.8. The zero-order valence-electron chi connectivity index (χ0n) is 25.4. The van der Waals surface area contributed by atoms with E-state index in [4.69, 9.17) is 11.6 Å². The molecular weight excluding hydrogens is 759 g/mol. The molecule has 0 aliphatic heterocycles. The van der Waals surface area contributed by atoms with E-state index >= 15 is 0 Å². The second-order valence-corrected chi connectivity index (χ2v) is 13.5. The predicted molar refractivity (Wildman–Crippen MR) is 158 cm³/mol. The summed E-state index contributed by atoms with van der Waals surface area (Å²) < 4.78 is 105. The standard InChI is InChI=1S/C25H18ClN7O10S3.3Na/c26-23-29-24(27-14-4-3-5-16(12-14)44(35,36)37)31-25(30-23)28-15-8-9-17-13(10-15)11-20(46(41,42)43)21(22(17)34)33-32-18-6-1-2-7-19(18)45(38,39)40;;;/h1-12,34H,(H,35,36,37)(H,38,39,40)(H,41,42,43)(H2,27,28,29,30,31);;;/q;3*+1/p-3. The Kier molecular flexibility index (Phi) is 15.1. The molecule has 3 N–H and O–H groups in total. The SMILES string of the molecule is O=S(=O)([O-])c1cccc(Nc2nc(Cl)nc(Nc3ccc4c(O)c(N=Nc5ccccc5S(=O)(=O)[O-])c(S(=O)(=O)[O-])cc4c3)n2)c1.[Na+].[Na+].[Na+]. The Morgan fingerprint density at radius 2 is 1.24 bits per heavy atom. The van der Waals surface area contributed by atoms with Crippen LogP contribution in [0.15, 0.2) is 97.7 Å². The molecule has 0 amide bonds. The number of azo groups is 1. The Balaban J connectivity index is 0.00000278. The minimum Gasteiger partial charge on any atom is -0.744 e. The Bertz CT molecular complexity index is 2410. The summed E-state index contributed by atoms with van der Waals surface area (Å²) in [5, 5.41) is 23.3. The first-order chi connectivity index (χ1) is 21.5. The van der Waals surface area contributed by atoms with E-state index in [0.29, 0.717) is 0 Å². The monoisotopic (exact) mass is 773 g/mol. The van der Waals surface area contributed by atoms with Crippen LogP contribution < -0.4 is 99.3 Å². The molecule has 0 spiro atoms. The fourth-order valence-corrected chi connectivity index (χ4v) is 5.95. The molecular formula is C25H15ClN7Na3O10S3. The number of phenolic OH excluding ortho intramolecular Hbond substituents is 1. The van der Waals surface area contributed by atoms with Crippen molar-refractivity contribution in [2.45, 2.75) is 14.7 Å². The van der Waals surface area contributed by atoms with Gasteiger partial charge in [-0.2, -0.15) is 15.0 Å². The average Bonchev–Trinajstić information content (AvgIpc) is 2.95. The van der Waals surface area contributed by atoms with Gasteiger partial charge >= 0.3 is 88.7 Å². The van der Waals surface area contributed by atoms with Crippen molar-refractivity contribution in [1.29, 1.82) is 0 Å². The number of anilines is 4. The number of hydrogen-bond donors (Lipinski definition) is 3. The first kappa shape index (κ1) is 43.3. The van der Waals surface area contributed by atoms with Crippen molar-refractivity contribution >= 4 is 87.4 Å². The fourth-order valence-electron chi connectivity index (χ4n) is 4.02. The Hall–Kier alpha value is -1.83. The van der Waals surface area contributed by atoms with Gasteiger partial charge in [-0.3, -0.25) is 0 Å². The molecule has 1 heterocycles. The van der Waals surface area contributed by atoms with E-state index < -0.39 is 62.2 Å². The maximum absolute atomic E-state index is 12.1. The van der Waals surface area contributed by atoms with E-state index in [1.807, 2.05) is 0 Å². The van der Waals surface area contributed by atoms with Gasteiger partial charge in [-0.15, -0.1) is 10.2 Å². The molecule has 0 radical (unpaired) electrons. The number of nitrogens with one attached hydrogen (secondary N) is 2. The van der Waals surface area contributed by atoms with Gasteiger partial charge in [-0.05, 0) is 71.6 Å². The number of halogens is 1. The van der Waals surface area contributed by atoms with Crippen LogP contribution in [-0.2, 0) is 30.4 Å². The van der Waals surface area contributed by atoms with E-state index in [-0.39, 0.29) is 128 Å². The molecule has 0 aliphatic carbocycles. The van der Waals surface area contributed by atoms with E-state index in [0.717, 1.165) is 30.3 Å². The van der Waals surface area contributed by atoms with Crippen molar-refractivity contribution in [3.63, 3.8) is 0 Å². The number of aromatic hydroxyl groups is 1. The first-order valence-electron chi connectivity index (χ1n) is 12.2. The van der Waals surface area contributed by atoms with E-state index in [2.05, 4.69) is 35.8 Å². The molecule has 1 aromatic heterocycles. The molecule has 17 nitrogen and oxygen atoms in total. The number of fused-ring (bicyclic) bond motifs is 1. The van der Waals surface area contributed by atoms with E-state index in [1.54, 1.807) is 0 Å². The topological polar surface area (TPSA) is 279 Å². The summed E-state index contributed by atoms with van der Waals surface area (Å²) in [4.78, 5) is 9.68. The van der Waals surface area contributed by atoms with Crippen LogP contribution in [0.25, 0.3) is 10.8 Å². The molecule has 0 aliphatic rings. The van der Waals surface area contributed by atoms with E-state index in [1.165, 1.54) is 42.5 Å². The largest absolute Gasteiger partial charge is 1.00 e. The summed E-state index contributed by atoms with van der Waals surface area (Å²) in [5.41, 5.74) is -0.907. The molecule has 0 saturated carbocycles. The molecule has 0 saturated heterocycles. The normalized spacial score (nSPS) is 11.7. The molecule has 0 atom stereocenters. The fraction of sp³-hybridized carbons (Fsp3) is 0. The summed E-state index contributed by atoms with van der Waals surface area (Å²) in [6.45, 7) is 0. The van der Waals surface area contributed by atoms with Gasteiger partial charge in [-0.25, -0.2) is 25.3 Å². The summed E-state index contributed by atoms with van der Waals surface area (Å²) in [7, 11) is -15.0. The third-order valence-corrected chi connectivity index (χ3v) is 8.69. The van der Waals surface area contributed by atoms with Crippen molar-refractivity contribution < 1.29 is 133 Å². The van der Waals surface area contributed by atoms with Gasteiger partial charge in [0.1, 0.15) is 41.7 Å². The molecule has 5 aromatic rings. The smallest absolute Gasteiger partial charge is 0.744 e. The number of hydrogen-bond acceptors (Lipinski definition) is 17. The molecule has 5 rings (SSSR count). The maximum Gasteiger partial charge on any atom is 1.00 e. The van der Waals surface area contributed by atoms with Crippen LogP contribution in [0, 0.1) is 0 Å². The number of phenols is 1. The zero-order valence-corrected chi connectivity index (χ0v) is 34.6. The van der Waals surface area contributed by atoms with Crippen LogP contribution in [0.2, 0.25) is 5.28 Å². The third kappa shape index (κ3) is 10.8.